The van der Waals surface area contributed by atoms with Gasteiger partial charge < -0.3 is 15.4 Å². The van der Waals surface area contributed by atoms with E-state index in [4.69, 9.17) is 5.73 Å². The first-order chi connectivity index (χ1) is 7.99. The molecule has 1 rings (SSSR count). The fourth-order valence-corrected chi connectivity index (χ4v) is 1.80. The van der Waals surface area contributed by atoms with Crippen LogP contribution in [0.1, 0.15) is 31.9 Å². The first-order valence-electron chi connectivity index (χ1n) is 5.92. The summed E-state index contributed by atoms with van der Waals surface area (Å²) >= 11 is 0. The van der Waals surface area contributed by atoms with Crippen LogP contribution in [-0.4, -0.2) is 26.7 Å². The van der Waals surface area contributed by atoms with Crippen LogP contribution in [0.3, 0.4) is 0 Å². The molecule has 0 unspecified atom stereocenters. The summed E-state index contributed by atoms with van der Waals surface area (Å²) in [7, 11) is 1.94. The van der Waals surface area contributed by atoms with Crippen molar-refractivity contribution in [3.8, 4) is 0 Å². The maximum absolute atomic E-state index is 10.7. The lowest BCUT2D eigenvalue weighted by Crippen LogP contribution is -2.25. The van der Waals surface area contributed by atoms with Gasteiger partial charge in [-0.1, -0.05) is 6.92 Å². The molecule has 5 heteroatoms. The highest BCUT2D eigenvalue weighted by Crippen LogP contribution is 2.15. The average molecular weight is 239 g/mol. The fraction of sp³-hybridized carbons (Fsp3) is 0.667. The summed E-state index contributed by atoms with van der Waals surface area (Å²) in [6.07, 6.45) is 5.90. The first kappa shape index (κ1) is 13.7. The Morgan fingerprint density at radius 2 is 2.35 bits per heavy atom. The minimum atomic E-state index is -0.628. The summed E-state index contributed by atoms with van der Waals surface area (Å²) in [4.78, 5) is 14.9. The van der Waals surface area contributed by atoms with Crippen LogP contribution in [0.15, 0.2) is 12.5 Å². The summed E-state index contributed by atoms with van der Waals surface area (Å²) < 4.78 is 1.92. The molecule has 2 atom stereocenters. The largest absolute Gasteiger partial charge is 0.392 e. The number of aryl methyl sites for hydroxylation is 2. The third kappa shape index (κ3) is 4.99. The van der Waals surface area contributed by atoms with Gasteiger partial charge in [-0.05, 0) is 25.2 Å². The van der Waals surface area contributed by atoms with E-state index in [1.54, 1.807) is 6.33 Å². The van der Waals surface area contributed by atoms with Gasteiger partial charge in [0.15, 0.2) is 0 Å². The van der Waals surface area contributed by atoms with Gasteiger partial charge >= 0.3 is 0 Å². The van der Waals surface area contributed by atoms with E-state index in [9.17, 15) is 9.90 Å². The predicted octanol–water partition coefficient (Wildman–Crippen LogP) is 0.615. The second-order valence-electron chi connectivity index (χ2n) is 4.64. The molecular weight excluding hydrogens is 218 g/mol. The molecule has 0 radical (unpaired) electrons. The van der Waals surface area contributed by atoms with E-state index in [2.05, 4.69) is 4.98 Å². The lowest BCUT2D eigenvalue weighted by Gasteiger charge is -2.16. The molecule has 0 aromatic carbocycles. The molecule has 0 aliphatic carbocycles. The zero-order valence-corrected chi connectivity index (χ0v) is 10.5. The monoisotopic (exact) mass is 239 g/mol. The second kappa shape index (κ2) is 6.39. The standard InChI is InChI=1S/C12H21N3O2/c1-9(11(16)6-12(13)17)4-3-5-10-7-15(2)8-14-10/h7-9,11,16H,3-6H2,1-2H3,(H2,13,17)/t9-,11+/m1/s1. The lowest BCUT2D eigenvalue weighted by molar-refractivity contribution is -0.120. The van der Waals surface area contributed by atoms with Crippen molar-refractivity contribution < 1.29 is 9.90 Å². The number of amides is 1. The molecule has 0 saturated carbocycles. The highest BCUT2D eigenvalue weighted by Gasteiger charge is 2.16. The van der Waals surface area contributed by atoms with E-state index in [-0.39, 0.29) is 12.3 Å². The number of carbonyl (C=O) groups is 1. The number of imidazole rings is 1. The van der Waals surface area contributed by atoms with Crippen molar-refractivity contribution in [3.05, 3.63) is 18.2 Å². The zero-order chi connectivity index (χ0) is 12.8. The summed E-state index contributed by atoms with van der Waals surface area (Å²) in [5.41, 5.74) is 6.10. The molecule has 1 aromatic rings. The SMILES string of the molecule is C[C@H](CCCc1cn(C)cn1)[C@@H](O)CC(N)=O. The Morgan fingerprint density at radius 1 is 1.65 bits per heavy atom. The van der Waals surface area contributed by atoms with Crippen LogP contribution < -0.4 is 5.73 Å². The summed E-state index contributed by atoms with van der Waals surface area (Å²) in [6.45, 7) is 1.94. The highest BCUT2D eigenvalue weighted by molar-refractivity contribution is 5.74. The molecule has 5 nitrogen and oxygen atoms in total. The van der Waals surface area contributed by atoms with Gasteiger partial charge in [0.05, 0.1) is 24.5 Å². The van der Waals surface area contributed by atoms with E-state index in [1.165, 1.54) is 0 Å². The van der Waals surface area contributed by atoms with Gasteiger partial charge in [0.25, 0.3) is 0 Å². The molecule has 0 fully saturated rings. The number of hydrogen-bond acceptors (Lipinski definition) is 3. The van der Waals surface area contributed by atoms with Gasteiger partial charge in [-0.3, -0.25) is 4.79 Å². The molecule has 1 aromatic heterocycles. The molecule has 0 aliphatic rings. The smallest absolute Gasteiger partial charge is 0.220 e. The van der Waals surface area contributed by atoms with Gasteiger partial charge in [-0.15, -0.1) is 0 Å². The average Bonchev–Trinajstić information content (AvgIpc) is 2.63. The quantitative estimate of drug-likeness (QED) is 0.731. The molecule has 0 spiro atoms. The maximum Gasteiger partial charge on any atom is 0.220 e. The molecule has 0 bridgehead atoms. The van der Waals surface area contributed by atoms with Gasteiger partial charge in [-0.25, -0.2) is 4.98 Å². The molecule has 1 amide bonds. The third-order valence-corrected chi connectivity index (χ3v) is 2.92. The first-order valence-corrected chi connectivity index (χ1v) is 5.92. The number of nitrogens with zero attached hydrogens (tertiary/aromatic N) is 2. The van der Waals surface area contributed by atoms with Gasteiger partial charge in [0.1, 0.15) is 0 Å². The van der Waals surface area contributed by atoms with Crippen LogP contribution in [-0.2, 0) is 18.3 Å². The molecular formula is C12H21N3O2. The van der Waals surface area contributed by atoms with Crippen molar-refractivity contribution in [2.24, 2.45) is 18.7 Å². The number of hydrogen-bond donors (Lipinski definition) is 2. The van der Waals surface area contributed by atoms with Gasteiger partial charge in [-0.2, -0.15) is 0 Å². The van der Waals surface area contributed by atoms with E-state index in [1.807, 2.05) is 24.7 Å². The van der Waals surface area contributed by atoms with Gasteiger partial charge in [0, 0.05) is 13.2 Å². The Kier molecular flexibility index (Phi) is 5.15. The van der Waals surface area contributed by atoms with E-state index in [0.717, 1.165) is 25.0 Å². The molecule has 3 N–H and O–H groups in total. The number of rotatable bonds is 7. The topological polar surface area (TPSA) is 81.1 Å². The highest BCUT2D eigenvalue weighted by atomic mass is 16.3. The third-order valence-electron chi connectivity index (χ3n) is 2.92. The van der Waals surface area contributed by atoms with E-state index >= 15 is 0 Å². The van der Waals surface area contributed by atoms with Crippen LogP contribution in [0.25, 0.3) is 0 Å². The van der Waals surface area contributed by atoms with Crippen molar-refractivity contribution >= 4 is 5.91 Å². The van der Waals surface area contributed by atoms with Crippen LogP contribution >= 0.6 is 0 Å². The predicted molar refractivity (Wildman–Crippen MR) is 65.1 cm³/mol. The number of aliphatic hydroxyl groups excluding tert-OH is 1. The van der Waals surface area contributed by atoms with E-state index in [0.29, 0.717) is 0 Å². The van der Waals surface area contributed by atoms with Crippen molar-refractivity contribution in [3.63, 3.8) is 0 Å². The minimum absolute atomic E-state index is 0.0464. The van der Waals surface area contributed by atoms with Crippen LogP contribution in [0, 0.1) is 5.92 Å². The molecule has 0 aliphatic heterocycles. The summed E-state index contributed by atoms with van der Waals surface area (Å²) in [5.74, 6) is -0.361. The number of carbonyl (C=O) groups excluding carboxylic acids is 1. The number of primary amides is 1. The van der Waals surface area contributed by atoms with Crippen molar-refractivity contribution in [1.82, 2.24) is 9.55 Å². The molecule has 96 valence electrons. The lowest BCUT2D eigenvalue weighted by atomic mass is 9.95. The van der Waals surface area contributed by atoms with Crippen molar-refractivity contribution in [1.29, 1.82) is 0 Å². The zero-order valence-electron chi connectivity index (χ0n) is 10.5. The van der Waals surface area contributed by atoms with Crippen LogP contribution in [0.4, 0.5) is 0 Å². The maximum atomic E-state index is 10.7. The Balaban J connectivity index is 2.24. The Morgan fingerprint density at radius 3 is 2.88 bits per heavy atom. The van der Waals surface area contributed by atoms with E-state index < -0.39 is 12.0 Å². The normalized spacial score (nSPS) is 14.5. The van der Waals surface area contributed by atoms with Crippen LogP contribution in [0.5, 0.6) is 0 Å². The number of aromatic nitrogens is 2. The van der Waals surface area contributed by atoms with Crippen molar-refractivity contribution in [2.75, 3.05) is 0 Å². The Bertz CT molecular complexity index is 362. The fourth-order valence-electron chi connectivity index (χ4n) is 1.80. The molecule has 1 heterocycles. The van der Waals surface area contributed by atoms with Crippen LogP contribution in [0.2, 0.25) is 0 Å². The number of nitrogens with two attached hydrogens (primary N) is 1. The Labute approximate surface area is 102 Å². The Hall–Kier alpha value is -1.36. The summed E-state index contributed by atoms with van der Waals surface area (Å²) in [6, 6.07) is 0. The van der Waals surface area contributed by atoms with Crippen molar-refractivity contribution in [2.45, 2.75) is 38.7 Å². The summed E-state index contributed by atoms with van der Waals surface area (Å²) in [5, 5.41) is 9.67. The van der Waals surface area contributed by atoms with Gasteiger partial charge in [0.2, 0.25) is 5.91 Å². The molecule has 17 heavy (non-hydrogen) atoms. The second-order valence-corrected chi connectivity index (χ2v) is 4.64. The molecule has 0 saturated heterocycles. The minimum Gasteiger partial charge on any atom is -0.392 e. The number of aliphatic hydroxyl groups is 1.